The summed E-state index contributed by atoms with van der Waals surface area (Å²) in [5.74, 6) is 1.87. The van der Waals surface area contributed by atoms with Gasteiger partial charge in [-0.25, -0.2) is 0 Å². The van der Waals surface area contributed by atoms with Gasteiger partial charge in [-0.05, 0) is 56.6 Å². The quantitative estimate of drug-likeness (QED) is 0.836. The first-order valence-corrected chi connectivity index (χ1v) is 7.08. The van der Waals surface area contributed by atoms with E-state index in [0.717, 1.165) is 31.1 Å². The van der Waals surface area contributed by atoms with Crippen molar-refractivity contribution in [1.82, 2.24) is 0 Å². The fourth-order valence-corrected chi connectivity index (χ4v) is 2.31. The third-order valence-corrected chi connectivity index (χ3v) is 3.66. The molecular formula is C16H25NO. The molecule has 2 nitrogen and oxygen atoms in total. The van der Waals surface area contributed by atoms with Gasteiger partial charge in [-0.3, -0.25) is 0 Å². The van der Waals surface area contributed by atoms with E-state index >= 15 is 0 Å². The van der Waals surface area contributed by atoms with E-state index in [9.17, 15) is 0 Å². The van der Waals surface area contributed by atoms with E-state index < -0.39 is 0 Å². The van der Waals surface area contributed by atoms with Crippen LogP contribution in [-0.4, -0.2) is 12.6 Å². The van der Waals surface area contributed by atoms with Gasteiger partial charge in [0.1, 0.15) is 5.75 Å². The van der Waals surface area contributed by atoms with E-state index in [1.165, 1.54) is 29.5 Å². The summed E-state index contributed by atoms with van der Waals surface area (Å²) in [5, 5.41) is 0. The van der Waals surface area contributed by atoms with Crippen LogP contribution in [0.15, 0.2) is 12.1 Å². The van der Waals surface area contributed by atoms with E-state index in [-0.39, 0.29) is 6.04 Å². The molecule has 0 saturated heterocycles. The average molecular weight is 247 g/mol. The zero-order valence-corrected chi connectivity index (χ0v) is 11.8. The smallest absolute Gasteiger partial charge is 0.125 e. The van der Waals surface area contributed by atoms with E-state index in [1.54, 1.807) is 0 Å². The third-order valence-electron chi connectivity index (χ3n) is 3.66. The Kier molecular flexibility index (Phi) is 4.28. The maximum absolute atomic E-state index is 6.09. The number of rotatable bonds is 6. The van der Waals surface area contributed by atoms with Crippen molar-refractivity contribution in [1.29, 1.82) is 0 Å². The SMILES string of the molecule is CCC(N)Cc1cc(C)cc(C)c1OCC1CC1. The normalized spacial score (nSPS) is 16.7. The standard InChI is InChI=1S/C16H25NO/c1-4-15(17)9-14-8-11(2)7-12(3)16(14)18-10-13-5-6-13/h7-8,13,15H,4-6,9-10,17H2,1-3H3. The lowest BCUT2D eigenvalue weighted by atomic mass is 9.99. The fourth-order valence-electron chi connectivity index (χ4n) is 2.31. The molecule has 0 bridgehead atoms. The average Bonchev–Trinajstić information content (AvgIpc) is 3.11. The molecular weight excluding hydrogens is 222 g/mol. The molecule has 1 aliphatic carbocycles. The van der Waals surface area contributed by atoms with Crippen LogP contribution in [-0.2, 0) is 6.42 Å². The molecule has 2 N–H and O–H groups in total. The topological polar surface area (TPSA) is 35.2 Å². The molecule has 1 aliphatic rings. The number of hydrogen-bond donors (Lipinski definition) is 1. The predicted molar refractivity (Wildman–Crippen MR) is 76.1 cm³/mol. The Bertz CT molecular complexity index is 410. The highest BCUT2D eigenvalue weighted by Gasteiger charge is 2.23. The van der Waals surface area contributed by atoms with Crippen LogP contribution in [0.2, 0.25) is 0 Å². The highest BCUT2D eigenvalue weighted by atomic mass is 16.5. The summed E-state index contributed by atoms with van der Waals surface area (Å²) in [6.45, 7) is 7.28. The minimum atomic E-state index is 0.231. The Morgan fingerprint density at radius 3 is 2.67 bits per heavy atom. The second-order valence-electron chi connectivity index (χ2n) is 5.70. The van der Waals surface area contributed by atoms with Crippen LogP contribution in [0.4, 0.5) is 0 Å². The van der Waals surface area contributed by atoms with E-state index in [0.29, 0.717) is 0 Å². The molecule has 100 valence electrons. The second kappa shape index (κ2) is 5.75. The molecule has 0 heterocycles. The molecule has 0 aromatic heterocycles. The van der Waals surface area contributed by atoms with E-state index in [4.69, 9.17) is 10.5 Å². The van der Waals surface area contributed by atoms with Crippen LogP contribution in [0.25, 0.3) is 0 Å². The van der Waals surface area contributed by atoms with Crippen molar-refractivity contribution in [3.63, 3.8) is 0 Å². The maximum Gasteiger partial charge on any atom is 0.125 e. The van der Waals surface area contributed by atoms with Crippen molar-refractivity contribution in [2.45, 2.75) is 52.5 Å². The lowest BCUT2D eigenvalue weighted by Gasteiger charge is -2.17. The van der Waals surface area contributed by atoms with Gasteiger partial charge < -0.3 is 10.5 Å². The van der Waals surface area contributed by atoms with Crippen molar-refractivity contribution >= 4 is 0 Å². The summed E-state index contributed by atoms with van der Waals surface area (Å²) in [5.41, 5.74) is 9.91. The van der Waals surface area contributed by atoms with Gasteiger partial charge in [0.05, 0.1) is 6.61 Å². The highest BCUT2D eigenvalue weighted by molar-refractivity contribution is 5.44. The van der Waals surface area contributed by atoms with Gasteiger partial charge in [-0.1, -0.05) is 24.6 Å². The van der Waals surface area contributed by atoms with Crippen molar-refractivity contribution in [3.05, 3.63) is 28.8 Å². The number of hydrogen-bond acceptors (Lipinski definition) is 2. The Balaban J connectivity index is 2.16. The van der Waals surface area contributed by atoms with Crippen LogP contribution in [0.1, 0.15) is 42.9 Å². The first kappa shape index (κ1) is 13.4. The van der Waals surface area contributed by atoms with Crippen molar-refractivity contribution in [3.8, 4) is 5.75 Å². The van der Waals surface area contributed by atoms with Gasteiger partial charge in [0.2, 0.25) is 0 Å². The second-order valence-corrected chi connectivity index (χ2v) is 5.70. The van der Waals surface area contributed by atoms with Crippen LogP contribution < -0.4 is 10.5 Å². The lowest BCUT2D eigenvalue weighted by Crippen LogP contribution is -2.22. The minimum absolute atomic E-state index is 0.231. The summed E-state index contributed by atoms with van der Waals surface area (Å²) in [4.78, 5) is 0. The van der Waals surface area contributed by atoms with Crippen LogP contribution >= 0.6 is 0 Å². The molecule has 18 heavy (non-hydrogen) atoms. The molecule has 1 fully saturated rings. The van der Waals surface area contributed by atoms with Gasteiger partial charge >= 0.3 is 0 Å². The molecule has 2 heteroatoms. The number of benzene rings is 1. The van der Waals surface area contributed by atoms with Gasteiger partial charge in [-0.15, -0.1) is 0 Å². The Hall–Kier alpha value is -1.02. The Morgan fingerprint density at radius 2 is 2.06 bits per heavy atom. The van der Waals surface area contributed by atoms with Gasteiger partial charge in [0, 0.05) is 6.04 Å². The molecule has 2 rings (SSSR count). The number of nitrogens with two attached hydrogens (primary N) is 1. The van der Waals surface area contributed by atoms with Crippen molar-refractivity contribution in [2.75, 3.05) is 6.61 Å². The van der Waals surface area contributed by atoms with Crippen LogP contribution in [0.3, 0.4) is 0 Å². The zero-order valence-electron chi connectivity index (χ0n) is 11.8. The zero-order chi connectivity index (χ0) is 13.1. The van der Waals surface area contributed by atoms with E-state index in [2.05, 4.69) is 32.9 Å². The summed E-state index contributed by atoms with van der Waals surface area (Å²) in [6, 6.07) is 4.66. The number of ether oxygens (including phenoxy) is 1. The summed E-state index contributed by atoms with van der Waals surface area (Å²) < 4.78 is 6.04. The number of aryl methyl sites for hydroxylation is 2. The Labute approximate surface area is 111 Å². The molecule has 0 amide bonds. The monoisotopic (exact) mass is 247 g/mol. The first-order valence-electron chi connectivity index (χ1n) is 7.08. The summed E-state index contributed by atoms with van der Waals surface area (Å²) in [7, 11) is 0. The van der Waals surface area contributed by atoms with Crippen molar-refractivity contribution < 1.29 is 4.74 Å². The predicted octanol–water partition coefficient (Wildman–Crippen LogP) is 3.37. The first-order chi connectivity index (χ1) is 8.60. The molecule has 1 atom stereocenters. The molecule has 0 aliphatic heterocycles. The maximum atomic E-state index is 6.09. The van der Waals surface area contributed by atoms with Crippen LogP contribution in [0.5, 0.6) is 5.75 Å². The Morgan fingerprint density at radius 1 is 1.33 bits per heavy atom. The third kappa shape index (κ3) is 3.49. The molecule has 1 aromatic carbocycles. The van der Waals surface area contributed by atoms with Gasteiger partial charge in [0.25, 0.3) is 0 Å². The van der Waals surface area contributed by atoms with Gasteiger partial charge in [-0.2, -0.15) is 0 Å². The molecule has 0 spiro atoms. The van der Waals surface area contributed by atoms with Gasteiger partial charge in [0.15, 0.2) is 0 Å². The lowest BCUT2D eigenvalue weighted by molar-refractivity contribution is 0.294. The van der Waals surface area contributed by atoms with Crippen LogP contribution in [0, 0.1) is 19.8 Å². The fraction of sp³-hybridized carbons (Fsp3) is 0.625. The summed E-state index contributed by atoms with van der Waals surface area (Å²) >= 11 is 0. The molecule has 1 aromatic rings. The largest absolute Gasteiger partial charge is 0.493 e. The minimum Gasteiger partial charge on any atom is -0.493 e. The summed E-state index contributed by atoms with van der Waals surface area (Å²) in [6.07, 6.45) is 4.58. The molecule has 0 radical (unpaired) electrons. The highest BCUT2D eigenvalue weighted by Crippen LogP contribution is 2.32. The van der Waals surface area contributed by atoms with Crippen molar-refractivity contribution in [2.24, 2.45) is 11.7 Å². The molecule has 1 unspecified atom stereocenters. The van der Waals surface area contributed by atoms with E-state index in [1.807, 2.05) is 0 Å². The molecule has 1 saturated carbocycles.